The van der Waals surface area contributed by atoms with Crippen molar-refractivity contribution in [1.29, 1.82) is 0 Å². The SMILES string of the molecule is CCCCCCCCC(=O)NCCCCNC(=O)CCCCCCCC. The molecule has 0 radical (unpaired) electrons. The van der Waals surface area contributed by atoms with E-state index in [0.29, 0.717) is 12.8 Å². The van der Waals surface area contributed by atoms with Crippen molar-refractivity contribution in [3.05, 3.63) is 0 Å². The monoisotopic (exact) mass is 368 g/mol. The first-order chi connectivity index (χ1) is 12.7. The van der Waals surface area contributed by atoms with Crippen LogP contribution in [0.5, 0.6) is 0 Å². The molecule has 0 aliphatic rings. The molecule has 0 fully saturated rings. The van der Waals surface area contributed by atoms with Crippen LogP contribution in [0, 0.1) is 0 Å². The van der Waals surface area contributed by atoms with Crippen molar-refractivity contribution in [2.45, 2.75) is 117 Å². The van der Waals surface area contributed by atoms with Gasteiger partial charge in [-0.2, -0.15) is 0 Å². The molecule has 26 heavy (non-hydrogen) atoms. The lowest BCUT2D eigenvalue weighted by Gasteiger charge is -2.07. The molecule has 0 spiro atoms. The molecule has 0 atom stereocenters. The van der Waals surface area contributed by atoms with Crippen LogP contribution in [-0.4, -0.2) is 24.9 Å². The van der Waals surface area contributed by atoms with Gasteiger partial charge < -0.3 is 10.6 Å². The second-order valence-corrected chi connectivity index (χ2v) is 7.44. The molecule has 0 aromatic carbocycles. The maximum absolute atomic E-state index is 11.7. The molecule has 0 unspecified atom stereocenters. The quantitative estimate of drug-likeness (QED) is 0.296. The molecule has 4 heteroatoms. The zero-order valence-corrected chi connectivity index (χ0v) is 17.5. The van der Waals surface area contributed by atoms with E-state index in [-0.39, 0.29) is 11.8 Å². The summed E-state index contributed by atoms with van der Waals surface area (Å²) in [5.74, 6) is 0.347. The third-order valence-corrected chi connectivity index (χ3v) is 4.76. The molecule has 0 heterocycles. The number of hydrogen-bond acceptors (Lipinski definition) is 2. The van der Waals surface area contributed by atoms with Gasteiger partial charge in [-0.25, -0.2) is 0 Å². The number of carbonyl (C=O) groups is 2. The Labute approximate surface area is 162 Å². The van der Waals surface area contributed by atoms with Crippen LogP contribution in [-0.2, 0) is 9.59 Å². The molecule has 2 N–H and O–H groups in total. The second kappa shape index (κ2) is 20.3. The Balaban J connectivity index is 3.28. The van der Waals surface area contributed by atoms with Crippen molar-refractivity contribution in [3.63, 3.8) is 0 Å². The van der Waals surface area contributed by atoms with Crippen molar-refractivity contribution in [1.82, 2.24) is 10.6 Å². The van der Waals surface area contributed by atoms with E-state index in [1.807, 2.05) is 0 Å². The number of nitrogens with one attached hydrogen (secondary N) is 2. The number of hydrogen-bond donors (Lipinski definition) is 2. The highest BCUT2D eigenvalue weighted by Crippen LogP contribution is 2.07. The normalized spacial score (nSPS) is 10.7. The first-order valence-electron chi connectivity index (χ1n) is 11.2. The maximum atomic E-state index is 11.7. The zero-order valence-electron chi connectivity index (χ0n) is 17.5. The predicted octanol–water partition coefficient (Wildman–Crippen LogP) is 5.50. The molecule has 0 bridgehead atoms. The smallest absolute Gasteiger partial charge is 0.219 e. The van der Waals surface area contributed by atoms with Gasteiger partial charge in [-0.3, -0.25) is 9.59 Å². The Hall–Kier alpha value is -1.06. The summed E-state index contributed by atoms with van der Waals surface area (Å²) in [7, 11) is 0. The Morgan fingerprint density at radius 1 is 0.500 bits per heavy atom. The first kappa shape index (κ1) is 24.9. The second-order valence-electron chi connectivity index (χ2n) is 7.44. The zero-order chi connectivity index (χ0) is 19.3. The third-order valence-electron chi connectivity index (χ3n) is 4.76. The van der Waals surface area contributed by atoms with Gasteiger partial charge in [0.1, 0.15) is 0 Å². The summed E-state index contributed by atoms with van der Waals surface area (Å²) in [4.78, 5) is 23.4. The van der Waals surface area contributed by atoms with Gasteiger partial charge in [0.05, 0.1) is 0 Å². The highest BCUT2D eigenvalue weighted by atomic mass is 16.2. The van der Waals surface area contributed by atoms with Crippen LogP contribution in [0.2, 0.25) is 0 Å². The summed E-state index contributed by atoms with van der Waals surface area (Å²) < 4.78 is 0. The number of carbonyl (C=O) groups excluding carboxylic acids is 2. The van der Waals surface area contributed by atoms with Gasteiger partial charge in [0.25, 0.3) is 0 Å². The lowest BCUT2D eigenvalue weighted by atomic mass is 10.1. The molecule has 0 aromatic heterocycles. The van der Waals surface area contributed by atoms with Gasteiger partial charge in [0.2, 0.25) is 11.8 Å². The van der Waals surface area contributed by atoms with E-state index in [9.17, 15) is 9.59 Å². The van der Waals surface area contributed by atoms with Gasteiger partial charge in [-0.1, -0.05) is 78.1 Å². The van der Waals surface area contributed by atoms with E-state index in [1.54, 1.807) is 0 Å². The van der Waals surface area contributed by atoms with E-state index in [2.05, 4.69) is 24.5 Å². The molecule has 4 nitrogen and oxygen atoms in total. The summed E-state index contributed by atoms with van der Waals surface area (Å²) in [6, 6.07) is 0. The van der Waals surface area contributed by atoms with Crippen molar-refractivity contribution >= 4 is 11.8 Å². The molecular weight excluding hydrogens is 324 g/mol. The minimum Gasteiger partial charge on any atom is -0.356 e. The first-order valence-corrected chi connectivity index (χ1v) is 11.2. The topological polar surface area (TPSA) is 58.2 Å². The van der Waals surface area contributed by atoms with Gasteiger partial charge in [-0.05, 0) is 25.7 Å². The van der Waals surface area contributed by atoms with Crippen LogP contribution in [0.25, 0.3) is 0 Å². The lowest BCUT2D eigenvalue weighted by molar-refractivity contribution is -0.122. The highest BCUT2D eigenvalue weighted by molar-refractivity contribution is 5.76. The van der Waals surface area contributed by atoms with E-state index in [0.717, 1.165) is 51.6 Å². The Kier molecular flexibility index (Phi) is 19.4. The summed E-state index contributed by atoms with van der Waals surface area (Å²) in [5.41, 5.74) is 0. The summed E-state index contributed by atoms with van der Waals surface area (Å²) in [6.07, 6.45) is 17.7. The minimum atomic E-state index is 0.174. The third kappa shape index (κ3) is 19.3. The number of amides is 2. The fourth-order valence-electron chi connectivity index (χ4n) is 3.01. The van der Waals surface area contributed by atoms with Gasteiger partial charge in [-0.15, -0.1) is 0 Å². The maximum Gasteiger partial charge on any atom is 0.219 e. The predicted molar refractivity (Wildman–Crippen MR) is 111 cm³/mol. The van der Waals surface area contributed by atoms with E-state index < -0.39 is 0 Å². The van der Waals surface area contributed by atoms with Crippen LogP contribution in [0.3, 0.4) is 0 Å². The van der Waals surface area contributed by atoms with Gasteiger partial charge in [0.15, 0.2) is 0 Å². The van der Waals surface area contributed by atoms with Crippen molar-refractivity contribution < 1.29 is 9.59 Å². The van der Waals surface area contributed by atoms with Crippen LogP contribution < -0.4 is 10.6 Å². The summed E-state index contributed by atoms with van der Waals surface area (Å²) >= 11 is 0. The Morgan fingerprint density at radius 2 is 0.846 bits per heavy atom. The van der Waals surface area contributed by atoms with Crippen molar-refractivity contribution in [2.24, 2.45) is 0 Å². The minimum absolute atomic E-state index is 0.174. The summed E-state index contributed by atoms with van der Waals surface area (Å²) in [6.45, 7) is 5.88. The summed E-state index contributed by atoms with van der Waals surface area (Å²) in [5, 5.41) is 5.96. The fourth-order valence-corrected chi connectivity index (χ4v) is 3.01. The molecular formula is C22H44N2O2. The Bertz CT molecular complexity index is 300. The largest absolute Gasteiger partial charge is 0.356 e. The molecule has 0 aliphatic carbocycles. The molecule has 0 saturated carbocycles. The van der Waals surface area contributed by atoms with Crippen molar-refractivity contribution in [3.8, 4) is 0 Å². The lowest BCUT2D eigenvalue weighted by Crippen LogP contribution is -2.27. The molecule has 0 aromatic rings. The van der Waals surface area contributed by atoms with E-state index in [1.165, 1.54) is 51.4 Å². The number of unbranched alkanes of at least 4 members (excludes halogenated alkanes) is 11. The molecule has 0 saturated heterocycles. The van der Waals surface area contributed by atoms with Crippen LogP contribution in [0.1, 0.15) is 117 Å². The van der Waals surface area contributed by atoms with E-state index >= 15 is 0 Å². The molecule has 154 valence electrons. The average molecular weight is 369 g/mol. The standard InChI is InChI=1S/C22H44N2O2/c1-3-5-7-9-11-13-17-21(25)23-19-15-16-20-24-22(26)18-14-12-10-8-6-4-2/h3-20H2,1-2H3,(H,23,25)(H,24,26). The van der Waals surface area contributed by atoms with Crippen molar-refractivity contribution in [2.75, 3.05) is 13.1 Å². The number of rotatable bonds is 19. The Morgan fingerprint density at radius 3 is 1.23 bits per heavy atom. The van der Waals surface area contributed by atoms with Crippen LogP contribution in [0.4, 0.5) is 0 Å². The molecule has 0 aliphatic heterocycles. The molecule has 2 amide bonds. The van der Waals surface area contributed by atoms with Crippen LogP contribution in [0.15, 0.2) is 0 Å². The highest BCUT2D eigenvalue weighted by Gasteiger charge is 2.02. The van der Waals surface area contributed by atoms with Crippen LogP contribution >= 0.6 is 0 Å². The average Bonchev–Trinajstić information content (AvgIpc) is 2.63. The fraction of sp³-hybridized carbons (Fsp3) is 0.909. The van der Waals surface area contributed by atoms with Gasteiger partial charge in [0, 0.05) is 25.9 Å². The van der Waals surface area contributed by atoms with Gasteiger partial charge >= 0.3 is 0 Å². The molecule has 0 rings (SSSR count). The van der Waals surface area contributed by atoms with E-state index in [4.69, 9.17) is 0 Å².